The average Bonchev–Trinajstić information content (AvgIpc) is 2.73. The first kappa shape index (κ1) is 19.6. The van der Waals surface area contributed by atoms with Gasteiger partial charge in [0, 0.05) is 25.5 Å². The normalized spacial score (nSPS) is 12.1. The van der Waals surface area contributed by atoms with Gasteiger partial charge in [0.15, 0.2) is 0 Å². The van der Waals surface area contributed by atoms with Crippen LogP contribution in [0.15, 0.2) is 58.4 Å². The standard InChI is InChI=1S/C21H24N4O3/c1-25(2)17(15-4-6-16(28-3)7-5-15)13-24-19-18(20(26)21(19)27)23-12-14-8-10-22-11-9-14/h4-11,17,23-24H,12-13H2,1-3H3. The quantitative estimate of drug-likeness (QED) is 0.550. The highest BCUT2D eigenvalue weighted by Gasteiger charge is 2.22. The van der Waals surface area contributed by atoms with Crippen LogP contribution in [-0.2, 0) is 6.54 Å². The predicted molar refractivity (Wildman–Crippen MR) is 111 cm³/mol. The number of nitrogens with zero attached hydrogens (tertiary/aromatic N) is 2. The fourth-order valence-electron chi connectivity index (χ4n) is 3.04. The Labute approximate surface area is 163 Å². The van der Waals surface area contributed by atoms with Gasteiger partial charge in [0.2, 0.25) is 0 Å². The third-order valence-corrected chi connectivity index (χ3v) is 4.73. The van der Waals surface area contributed by atoms with E-state index in [1.54, 1.807) is 19.5 Å². The Hall–Kier alpha value is -3.19. The van der Waals surface area contributed by atoms with Crippen molar-refractivity contribution in [2.45, 2.75) is 12.6 Å². The maximum Gasteiger partial charge on any atom is 0.253 e. The molecule has 2 N–H and O–H groups in total. The third-order valence-electron chi connectivity index (χ3n) is 4.73. The van der Waals surface area contributed by atoms with Crippen LogP contribution in [0.4, 0.5) is 11.4 Å². The second kappa shape index (κ2) is 8.67. The van der Waals surface area contributed by atoms with Crippen LogP contribution in [0, 0.1) is 0 Å². The highest BCUT2D eigenvalue weighted by Crippen LogP contribution is 2.23. The Morgan fingerprint density at radius 2 is 1.57 bits per heavy atom. The summed E-state index contributed by atoms with van der Waals surface area (Å²) >= 11 is 0. The molecule has 0 aliphatic rings. The minimum Gasteiger partial charge on any atom is -0.497 e. The number of hydrogen-bond acceptors (Lipinski definition) is 7. The Bertz CT molecular complexity index is 977. The van der Waals surface area contributed by atoms with E-state index in [2.05, 4.69) is 20.5 Å². The molecular formula is C21H24N4O3. The molecule has 0 spiro atoms. The number of nitrogens with one attached hydrogen (secondary N) is 2. The van der Waals surface area contributed by atoms with Crippen molar-refractivity contribution in [3.8, 4) is 5.75 Å². The molecule has 28 heavy (non-hydrogen) atoms. The van der Waals surface area contributed by atoms with Crippen LogP contribution in [0.2, 0.25) is 0 Å². The van der Waals surface area contributed by atoms with Crippen molar-refractivity contribution in [1.82, 2.24) is 9.88 Å². The molecule has 1 heterocycles. The van der Waals surface area contributed by atoms with Crippen LogP contribution in [-0.4, -0.2) is 37.6 Å². The number of ether oxygens (including phenoxy) is 1. The summed E-state index contributed by atoms with van der Waals surface area (Å²) in [5, 5.41) is 6.22. The fourth-order valence-corrected chi connectivity index (χ4v) is 3.04. The van der Waals surface area contributed by atoms with Gasteiger partial charge < -0.3 is 20.3 Å². The van der Waals surface area contributed by atoms with E-state index in [1.165, 1.54) is 0 Å². The summed E-state index contributed by atoms with van der Waals surface area (Å²) in [5.74, 6) is 0.791. The Kier molecular flexibility index (Phi) is 6.06. The third kappa shape index (κ3) is 4.20. The second-order valence-electron chi connectivity index (χ2n) is 6.75. The van der Waals surface area contributed by atoms with Gasteiger partial charge >= 0.3 is 0 Å². The molecule has 3 aromatic rings. The molecule has 0 aliphatic carbocycles. The van der Waals surface area contributed by atoms with E-state index in [-0.39, 0.29) is 6.04 Å². The lowest BCUT2D eigenvalue weighted by Gasteiger charge is -2.26. The van der Waals surface area contributed by atoms with Gasteiger partial charge in [-0.1, -0.05) is 12.1 Å². The van der Waals surface area contributed by atoms with Crippen molar-refractivity contribution in [1.29, 1.82) is 0 Å². The summed E-state index contributed by atoms with van der Waals surface area (Å²) in [6.07, 6.45) is 3.38. The molecule has 7 nitrogen and oxygen atoms in total. The van der Waals surface area contributed by atoms with Crippen LogP contribution < -0.4 is 26.2 Å². The molecular weight excluding hydrogens is 356 g/mol. The van der Waals surface area contributed by atoms with E-state index in [1.807, 2.05) is 50.5 Å². The van der Waals surface area contributed by atoms with Crippen molar-refractivity contribution in [2.75, 3.05) is 38.4 Å². The summed E-state index contributed by atoms with van der Waals surface area (Å²) in [7, 11) is 5.58. The highest BCUT2D eigenvalue weighted by molar-refractivity contribution is 5.74. The van der Waals surface area contributed by atoms with Gasteiger partial charge in [-0.05, 0) is 49.5 Å². The van der Waals surface area contributed by atoms with Crippen molar-refractivity contribution >= 4 is 11.4 Å². The van der Waals surface area contributed by atoms with Crippen molar-refractivity contribution < 1.29 is 4.74 Å². The van der Waals surface area contributed by atoms with E-state index in [4.69, 9.17) is 4.74 Å². The Morgan fingerprint density at radius 1 is 0.964 bits per heavy atom. The average molecular weight is 380 g/mol. The van der Waals surface area contributed by atoms with Gasteiger partial charge in [-0.3, -0.25) is 14.6 Å². The highest BCUT2D eigenvalue weighted by atomic mass is 16.5. The van der Waals surface area contributed by atoms with Gasteiger partial charge in [0.05, 0.1) is 13.2 Å². The van der Waals surface area contributed by atoms with Crippen molar-refractivity contribution in [3.63, 3.8) is 0 Å². The van der Waals surface area contributed by atoms with Crippen LogP contribution in [0.1, 0.15) is 17.2 Å². The first-order valence-corrected chi connectivity index (χ1v) is 9.01. The first-order valence-electron chi connectivity index (χ1n) is 9.01. The van der Waals surface area contributed by atoms with Gasteiger partial charge in [-0.25, -0.2) is 0 Å². The summed E-state index contributed by atoms with van der Waals surface area (Å²) < 4.78 is 5.21. The number of anilines is 2. The maximum absolute atomic E-state index is 12.0. The molecule has 0 amide bonds. The summed E-state index contributed by atoms with van der Waals surface area (Å²) in [6.45, 7) is 0.950. The van der Waals surface area contributed by atoms with E-state index in [9.17, 15) is 9.59 Å². The van der Waals surface area contributed by atoms with E-state index in [0.717, 1.165) is 16.9 Å². The lowest BCUT2D eigenvalue weighted by molar-refractivity contribution is 0.311. The number of methoxy groups -OCH3 is 1. The zero-order chi connectivity index (χ0) is 20.1. The lowest BCUT2D eigenvalue weighted by atomic mass is 10.0. The summed E-state index contributed by atoms with van der Waals surface area (Å²) in [6, 6.07) is 11.6. The molecule has 1 atom stereocenters. The maximum atomic E-state index is 12.0. The number of likely N-dealkylation sites (N-methyl/N-ethyl adjacent to an activating group) is 1. The lowest BCUT2D eigenvalue weighted by Crippen LogP contribution is -2.39. The van der Waals surface area contributed by atoms with E-state index in [0.29, 0.717) is 24.5 Å². The van der Waals surface area contributed by atoms with Gasteiger partial charge in [-0.15, -0.1) is 0 Å². The molecule has 146 valence electrons. The van der Waals surface area contributed by atoms with Gasteiger partial charge in [-0.2, -0.15) is 0 Å². The van der Waals surface area contributed by atoms with Crippen molar-refractivity contribution in [3.05, 3.63) is 80.4 Å². The monoisotopic (exact) mass is 380 g/mol. The molecule has 0 fully saturated rings. The van der Waals surface area contributed by atoms with Gasteiger partial charge in [0.25, 0.3) is 10.9 Å². The number of aromatic nitrogens is 1. The van der Waals surface area contributed by atoms with Gasteiger partial charge in [0.1, 0.15) is 17.1 Å². The zero-order valence-electron chi connectivity index (χ0n) is 16.2. The molecule has 0 saturated carbocycles. The van der Waals surface area contributed by atoms with Crippen LogP contribution in [0.3, 0.4) is 0 Å². The number of hydrogen-bond donors (Lipinski definition) is 2. The molecule has 0 saturated heterocycles. The Morgan fingerprint density at radius 3 is 2.14 bits per heavy atom. The Balaban J connectivity index is 1.69. The SMILES string of the molecule is COc1ccc(C(CNc2c(NCc3ccncc3)c(=O)c2=O)N(C)C)cc1. The van der Waals surface area contributed by atoms with Crippen LogP contribution >= 0.6 is 0 Å². The largest absolute Gasteiger partial charge is 0.497 e. The number of rotatable bonds is 9. The van der Waals surface area contributed by atoms with Crippen molar-refractivity contribution in [2.24, 2.45) is 0 Å². The topological polar surface area (TPSA) is 83.6 Å². The smallest absolute Gasteiger partial charge is 0.253 e. The summed E-state index contributed by atoms with van der Waals surface area (Å²) in [4.78, 5) is 30.0. The number of pyridine rings is 1. The predicted octanol–water partition coefficient (Wildman–Crippen LogP) is 2.01. The molecule has 1 unspecified atom stereocenters. The molecule has 0 radical (unpaired) electrons. The molecule has 2 aromatic carbocycles. The molecule has 1 aromatic heterocycles. The molecule has 3 rings (SSSR count). The van der Waals surface area contributed by atoms with Crippen LogP contribution in [0.5, 0.6) is 5.75 Å². The minimum atomic E-state index is -0.484. The molecule has 7 heteroatoms. The minimum absolute atomic E-state index is 0.0309. The molecule has 0 bridgehead atoms. The zero-order valence-corrected chi connectivity index (χ0v) is 16.2. The first-order chi connectivity index (χ1) is 13.5. The van der Waals surface area contributed by atoms with Crippen LogP contribution in [0.25, 0.3) is 0 Å². The molecule has 0 aliphatic heterocycles. The van der Waals surface area contributed by atoms with E-state index >= 15 is 0 Å². The number of benzene rings is 1. The summed E-state index contributed by atoms with van der Waals surface area (Å²) in [5.41, 5.74) is 1.79. The second-order valence-corrected chi connectivity index (χ2v) is 6.75. The fraction of sp³-hybridized carbons (Fsp3) is 0.286. The van der Waals surface area contributed by atoms with E-state index < -0.39 is 10.9 Å².